The molecule has 1 amide bonds. The molecule has 1 aliphatic rings. The fourth-order valence-corrected chi connectivity index (χ4v) is 3.94. The minimum Gasteiger partial charge on any atom is -0.338 e. The van der Waals surface area contributed by atoms with E-state index < -0.39 is 0 Å². The van der Waals surface area contributed by atoms with Crippen molar-refractivity contribution in [1.82, 2.24) is 10.2 Å². The quantitative estimate of drug-likeness (QED) is 0.868. The largest absolute Gasteiger partial charge is 0.338 e. The molecule has 2 rings (SSSR count). The molecule has 0 bridgehead atoms. The number of thiophene rings is 1. The minimum atomic E-state index is 0. The average molecular weight is 307 g/mol. The molecule has 1 fully saturated rings. The normalized spacial score (nSPS) is 18.8. The average Bonchev–Trinajstić information content (AvgIpc) is 2.96. The van der Waals surface area contributed by atoms with Gasteiger partial charge in [0.25, 0.3) is 5.91 Å². The highest BCUT2D eigenvalue weighted by molar-refractivity contribution is 7.98. The summed E-state index contributed by atoms with van der Waals surface area (Å²) in [7, 11) is 1.97. The summed E-state index contributed by atoms with van der Waals surface area (Å²) < 4.78 is 0. The number of amides is 1. The van der Waals surface area contributed by atoms with Crippen LogP contribution in [-0.2, 0) is 0 Å². The molecule has 3 nitrogen and oxygen atoms in total. The van der Waals surface area contributed by atoms with E-state index in [1.807, 2.05) is 29.6 Å². The van der Waals surface area contributed by atoms with Gasteiger partial charge in [-0.15, -0.1) is 35.5 Å². The summed E-state index contributed by atoms with van der Waals surface area (Å²) >= 11 is 3.21. The molecule has 1 N–H and O–H groups in total. The van der Waals surface area contributed by atoms with Gasteiger partial charge in [-0.25, -0.2) is 0 Å². The number of likely N-dealkylation sites (tertiary alicyclic amines) is 1. The number of nitrogens with one attached hydrogen (secondary N) is 1. The summed E-state index contributed by atoms with van der Waals surface area (Å²) in [6.45, 7) is 2.80. The molecule has 0 saturated carbocycles. The Morgan fingerprint density at radius 3 is 3.11 bits per heavy atom. The first kappa shape index (κ1) is 15.8. The maximum atomic E-state index is 12.3. The lowest BCUT2D eigenvalue weighted by Crippen LogP contribution is -2.30. The molecule has 1 aliphatic heterocycles. The summed E-state index contributed by atoms with van der Waals surface area (Å²) in [4.78, 5) is 16.3. The minimum absolute atomic E-state index is 0. The Bertz CT molecular complexity index is 397. The van der Waals surface area contributed by atoms with Gasteiger partial charge in [0.15, 0.2) is 0 Å². The third-order valence-electron chi connectivity index (χ3n) is 3.11. The summed E-state index contributed by atoms with van der Waals surface area (Å²) in [5, 5.41) is 5.19. The van der Waals surface area contributed by atoms with E-state index in [4.69, 9.17) is 0 Å². The van der Waals surface area contributed by atoms with Crippen LogP contribution in [-0.4, -0.2) is 43.7 Å². The molecule has 1 unspecified atom stereocenters. The van der Waals surface area contributed by atoms with Crippen molar-refractivity contribution in [3.63, 3.8) is 0 Å². The Balaban J connectivity index is 0.00000162. The number of carbonyl (C=O) groups is 1. The van der Waals surface area contributed by atoms with Crippen molar-refractivity contribution in [1.29, 1.82) is 0 Å². The maximum Gasteiger partial charge on any atom is 0.265 e. The van der Waals surface area contributed by atoms with E-state index in [0.29, 0.717) is 5.92 Å². The molecular formula is C12H19ClN2OS2. The fourth-order valence-electron chi connectivity index (χ4n) is 2.23. The molecule has 1 aromatic heterocycles. The molecule has 1 saturated heterocycles. The van der Waals surface area contributed by atoms with Crippen molar-refractivity contribution in [3.8, 4) is 0 Å². The predicted molar refractivity (Wildman–Crippen MR) is 81.3 cm³/mol. The Labute approximate surface area is 123 Å². The van der Waals surface area contributed by atoms with Crippen molar-refractivity contribution < 1.29 is 4.79 Å². The number of hydrogen-bond acceptors (Lipinski definition) is 4. The van der Waals surface area contributed by atoms with E-state index in [0.717, 1.165) is 35.8 Å². The van der Waals surface area contributed by atoms with Crippen molar-refractivity contribution in [2.75, 3.05) is 32.9 Å². The second kappa shape index (κ2) is 7.38. The van der Waals surface area contributed by atoms with E-state index in [1.165, 1.54) is 0 Å². The van der Waals surface area contributed by atoms with Crippen molar-refractivity contribution >= 4 is 41.4 Å². The summed E-state index contributed by atoms with van der Waals surface area (Å²) in [5.74, 6) is 0.824. The Hall–Kier alpha value is -0.230. The highest BCUT2D eigenvalue weighted by atomic mass is 35.5. The molecule has 102 valence electrons. The molecule has 0 aliphatic carbocycles. The maximum absolute atomic E-state index is 12.3. The highest BCUT2D eigenvalue weighted by Crippen LogP contribution is 2.28. The van der Waals surface area contributed by atoms with Gasteiger partial charge in [-0.2, -0.15) is 0 Å². The van der Waals surface area contributed by atoms with Crippen LogP contribution in [0, 0.1) is 5.92 Å². The van der Waals surface area contributed by atoms with Crippen LogP contribution in [0.1, 0.15) is 16.1 Å². The molecular weight excluding hydrogens is 288 g/mol. The number of carbonyl (C=O) groups excluding carboxylic acids is 1. The third kappa shape index (κ3) is 3.41. The van der Waals surface area contributed by atoms with Gasteiger partial charge in [0.2, 0.25) is 0 Å². The van der Waals surface area contributed by atoms with E-state index >= 15 is 0 Å². The van der Waals surface area contributed by atoms with E-state index in [1.54, 1.807) is 23.1 Å². The first-order valence-electron chi connectivity index (χ1n) is 5.81. The lowest BCUT2D eigenvalue weighted by Gasteiger charge is -2.16. The van der Waals surface area contributed by atoms with Gasteiger partial charge in [0.05, 0.1) is 0 Å². The number of halogens is 1. The fraction of sp³-hybridized carbons (Fsp3) is 0.583. The molecule has 1 atom stereocenters. The number of hydrogen-bond donors (Lipinski definition) is 1. The number of nitrogens with zero attached hydrogens (tertiary/aromatic N) is 1. The van der Waals surface area contributed by atoms with Crippen molar-refractivity contribution in [2.24, 2.45) is 5.92 Å². The zero-order valence-electron chi connectivity index (χ0n) is 10.6. The predicted octanol–water partition coefficient (Wildman–Crippen LogP) is 2.57. The van der Waals surface area contributed by atoms with Crippen LogP contribution in [0.15, 0.2) is 16.3 Å². The van der Waals surface area contributed by atoms with Crippen molar-refractivity contribution in [2.45, 2.75) is 11.3 Å². The van der Waals surface area contributed by atoms with Crippen LogP contribution in [0.3, 0.4) is 0 Å². The first-order chi connectivity index (χ1) is 8.26. The van der Waals surface area contributed by atoms with Crippen LogP contribution >= 0.6 is 35.5 Å². The smallest absolute Gasteiger partial charge is 0.265 e. The molecule has 18 heavy (non-hydrogen) atoms. The summed E-state index contributed by atoms with van der Waals surface area (Å²) in [6, 6.07) is 2.03. The lowest BCUT2D eigenvalue weighted by molar-refractivity contribution is 0.0789. The Morgan fingerprint density at radius 1 is 1.67 bits per heavy atom. The Morgan fingerprint density at radius 2 is 2.44 bits per heavy atom. The second-order valence-corrected chi connectivity index (χ2v) is 6.05. The Kier molecular flexibility index (Phi) is 6.49. The van der Waals surface area contributed by atoms with Crippen LogP contribution in [0.25, 0.3) is 0 Å². The summed E-state index contributed by atoms with van der Waals surface area (Å²) in [5.41, 5.74) is 0. The van der Waals surface area contributed by atoms with Crippen molar-refractivity contribution in [3.05, 3.63) is 16.3 Å². The van der Waals surface area contributed by atoms with E-state index in [9.17, 15) is 4.79 Å². The molecule has 0 radical (unpaired) electrons. The lowest BCUT2D eigenvalue weighted by atomic mass is 10.1. The van der Waals surface area contributed by atoms with Crippen LogP contribution in [0.2, 0.25) is 0 Å². The number of rotatable bonds is 4. The van der Waals surface area contributed by atoms with Crippen LogP contribution in [0.4, 0.5) is 0 Å². The molecule has 2 heterocycles. The van der Waals surface area contributed by atoms with Gasteiger partial charge in [0, 0.05) is 18.0 Å². The monoisotopic (exact) mass is 306 g/mol. The zero-order valence-corrected chi connectivity index (χ0v) is 13.1. The highest BCUT2D eigenvalue weighted by Gasteiger charge is 2.28. The molecule has 1 aromatic rings. The third-order valence-corrected chi connectivity index (χ3v) is 4.92. The standard InChI is InChI=1S/C12H18N2OS2.ClH/c1-13-7-9-3-5-14(8-9)12(15)11-10(16-2)4-6-17-11;/h4,6,9,13H,3,5,7-8H2,1-2H3;1H. The topological polar surface area (TPSA) is 32.3 Å². The van der Waals surface area contributed by atoms with E-state index in [-0.39, 0.29) is 18.3 Å². The van der Waals surface area contributed by atoms with Gasteiger partial charge in [-0.3, -0.25) is 4.79 Å². The molecule has 0 aromatic carbocycles. The van der Waals surface area contributed by atoms with Gasteiger partial charge < -0.3 is 10.2 Å². The molecule has 6 heteroatoms. The van der Waals surface area contributed by atoms with E-state index in [2.05, 4.69) is 5.32 Å². The first-order valence-corrected chi connectivity index (χ1v) is 7.92. The van der Waals surface area contributed by atoms with Gasteiger partial charge in [-0.1, -0.05) is 0 Å². The van der Waals surface area contributed by atoms with Gasteiger partial charge in [-0.05, 0) is 43.6 Å². The van der Waals surface area contributed by atoms with Crippen LogP contribution < -0.4 is 5.32 Å². The SMILES string of the molecule is CNCC1CCN(C(=O)c2sccc2SC)C1.Cl. The summed E-state index contributed by atoms with van der Waals surface area (Å²) in [6.07, 6.45) is 3.14. The number of thioether (sulfide) groups is 1. The molecule has 0 spiro atoms. The second-order valence-electron chi connectivity index (χ2n) is 4.28. The van der Waals surface area contributed by atoms with Crippen LogP contribution in [0.5, 0.6) is 0 Å². The van der Waals surface area contributed by atoms with Gasteiger partial charge in [0.1, 0.15) is 4.88 Å². The zero-order chi connectivity index (χ0) is 12.3. The van der Waals surface area contributed by atoms with Gasteiger partial charge >= 0.3 is 0 Å².